The second-order valence-electron chi connectivity index (χ2n) is 6.87. The van der Waals surface area contributed by atoms with Crippen molar-refractivity contribution in [3.8, 4) is 0 Å². The monoisotopic (exact) mass is 428 g/mol. The molecule has 0 atom stereocenters. The molecule has 1 aliphatic heterocycles. The second-order valence-corrected chi connectivity index (χ2v) is 7.25. The van der Waals surface area contributed by atoms with Crippen LogP contribution in [0.1, 0.15) is 28.7 Å². The van der Waals surface area contributed by atoms with Crippen molar-refractivity contribution < 1.29 is 22.8 Å². The van der Waals surface area contributed by atoms with Crippen molar-refractivity contribution >= 4 is 29.0 Å². The molecule has 1 fully saturated rings. The summed E-state index contributed by atoms with van der Waals surface area (Å²) in [7, 11) is 0. The maximum atomic E-state index is 12.9. The van der Waals surface area contributed by atoms with Crippen LogP contribution in [-0.4, -0.2) is 52.5 Å². The molecule has 2 aromatic rings. The molecule has 29 heavy (non-hydrogen) atoms. The number of carbonyl (C=O) groups excluding carboxylic acids is 2. The van der Waals surface area contributed by atoms with Crippen LogP contribution in [0.3, 0.4) is 0 Å². The number of halogens is 4. The van der Waals surface area contributed by atoms with Gasteiger partial charge in [-0.1, -0.05) is 11.6 Å². The quantitative estimate of drug-likeness (QED) is 0.700. The van der Waals surface area contributed by atoms with Crippen LogP contribution in [-0.2, 0) is 17.5 Å². The molecule has 0 saturated carbocycles. The number of Topliss-reactive ketones (excluding diaryl/α,β-unsaturated/α-hetero) is 1. The fourth-order valence-corrected chi connectivity index (χ4v) is 3.45. The average Bonchev–Trinajstić information content (AvgIpc) is 2.97. The van der Waals surface area contributed by atoms with Gasteiger partial charge in [-0.15, -0.1) is 0 Å². The minimum atomic E-state index is -4.67. The van der Waals surface area contributed by atoms with Crippen molar-refractivity contribution in [2.75, 3.05) is 31.1 Å². The predicted octanol–water partition coefficient (Wildman–Crippen LogP) is 3.42. The molecule has 0 bridgehead atoms. The first-order chi connectivity index (χ1) is 13.6. The third-order valence-corrected chi connectivity index (χ3v) is 5.41. The van der Waals surface area contributed by atoms with Gasteiger partial charge in [0.2, 0.25) is 5.91 Å². The van der Waals surface area contributed by atoms with Crippen molar-refractivity contribution in [3.63, 3.8) is 0 Å². The second kappa shape index (κ2) is 8.06. The van der Waals surface area contributed by atoms with Crippen LogP contribution in [0.2, 0.25) is 5.02 Å². The highest BCUT2D eigenvalue weighted by molar-refractivity contribution is 6.32. The van der Waals surface area contributed by atoms with Gasteiger partial charge in [0.1, 0.15) is 6.54 Å². The van der Waals surface area contributed by atoms with Gasteiger partial charge in [0, 0.05) is 37.4 Å². The number of piperazine rings is 1. The zero-order valence-electron chi connectivity index (χ0n) is 16.0. The number of nitrogens with zero attached hydrogens (tertiary/aromatic N) is 4. The number of hydrogen-bond donors (Lipinski definition) is 0. The summed E-state index contributed by atoms with van der Waals surface area (Å²) in [6.07, 6.45) is -4.67. The molecule has 6 nitrogen and oxygen atoms in total. The van der Waals surface area contributed by atoms with Crippen molar-refractivity contribution in [2.24, 2.45) is 0 Å². The summed E-state index contributed by atoms with van der Waals surface area (Å²) in [6, 6.07) is 7.25. The fraction of sp³-hybridized carbons (Fsp3) is 0.421. The summed E-state index contributed by atoms with van der Waals surface area (Å²) in [5.74, 6) is -0.317. The number of benzene rings is 1. The molecule has 1 aliphatic rings. The molecule has 0 N–H and O–H groups in total. The Kier molecular flexibility index (Phi) is 5.88. The van der Waals surface area contributed by atoms with E-state index in [2.05, 4.69) is 10.00 Å². The van der Waals surface area contributed by atoms with E-state index >= 15 is 0 Å². The SMILES string of the molecule is CC(=O)c1ccc(N2CCN(C(=O)Cn3nc(C(F)(F)F)c(Cl)c3C)CC2)cc1. The first-order valence-corrected chi connectivity index (χ1v) is 9.39. The van der Waals surface area contributed by atoms with Gasteiger partial charge >= 0.3 is 6.18 Å². The maximum Gasteiger partial charge on any atom is 0.436 e. The van der Waals surface area contributed by atoms with Crippen molar-refractivity contribution in [3.05, 3.63) is 46.2 Å². The third-order valence-electron chi connectivity index (χ3n) is 4.96. The lowest BCUT2D eigenvalue weighted by atomic mass is 10.1. The standard InChI is InChI=1S/C19H20ClF3N4O2/c1-12-17(20)18(19(21,22)23)24-27(12)11-16(29)26-9-7-25(8-10-26)15-5-3-14(4-6-15)13(2)28/h3-6H,7-11H2,1-2H3. The van der Waals surface area contributed by atoms with Crippen LogP contribution in [0.15, 0.2) is 24.3 Å². The number of rotatable bonds is 4. The van der Waals surface area contributed by atoms with Crippen LogP contribution >= 0.6 is 11.6 Å². The molecule has 156 valence electrons. The molecule has 1 aromatic carbocycles. The number of hydrogen-bond acceptors (Lipinski definition) is 4. The van der Waals surface area contributed by atoms with Gasteiger partial charge in [-0.25, -0.2) is 0 Å². The molecule has 1 amide bonds. The van der Waals surface area contributed by atoms with Crippen molar-refractivity contribution in [1.82, 2.24) is 14.7 Å². The predicted molar refractivity (Wildman–Crippen MR) is 102 cm³/mol. The summed E-state index contributed by atoms with van der Waals surface area (Å²) in [5.41, 5.74) is 0.514. The van der Waals surface area contributed by atoms with Gasteiger partial charge in [-0.3, -0.25) is 14.3 Å². The topological polar surface area (TPSA) is 58.4 Å². The van der Waals surface area contributed by atoms with Gasteiger partial charge in [0.05, 0.1) is 10.7 Å². The lowest BCUT2D eigenvalue weighted by molar-refractivity contribution is -0.142. The highest BCUT2D eigenvalue weighted by atomic mass is 35.5. The van der Waals surface area contributed by atoms with Gasteiger partial charge in [-0.05, 0) is 38.1 Å². The van der Waals surface area contributed by atoms with Crippen LogP contribution in [0.25, 0.3) is 0 Å². The summed E-state index contributed by atoms with van der Waals surface area (Å²) in [5, 5.41) is 2.99. The zero-order chi connectivity index (χ0) is 21.3. The highest BCUT2D eigenvalue weighted by Gasteiger charge is 2.38. The number of alkyl halides is 3. The molecule has 1 saturated heterocycles. The Morgan fingerprint density at radius 2 is 1.69 bits per heavy atom. The lowest BCUT2D eigenvalue weighted by Crippen LogP contribution is -2.49. The summed E-state index contributed by atoms with van der Waals surface area (Å²) >= 11 is 5.73. The fourth-order valence-electron chi connectivity index (χ4n) is 3.21. The van der Waals surface area contributed by atoms with E-state index in [1.54, 1.807) is 17.0 Å². The van der Waals surface area contributed by atoms with Gasteiger partial charge in [0.15, 0.2) is 11.5 Å². The minimum Gasteiger partial charge on any atom is -0.368 e. The van der Waals surface area contributed by atoms with Crippen LogP contribution in [0.4, 0.5) is 18.9 Å². The van der Waals surface area contributed by atoms with Crippen molar-refractivity contribution in [1.29, 1.82) is 0 Å². The van der Waals surface area contributed by atoms with Gasteiger partial charge in [-0.2, -0.15) is 18.3 Å². The molecule has 2 heterocycles. The largest absolute Gasteiger partial charge is 0.436 e. The number of aromatic nitrogens is 2. The third kappa shape index (κ3) is 4.55. The minimum absolute atomic E-state index is 0.00494. The number of anilines is 1. The Balaban J connectivity index is 1.61. The van der Waals surface area contributed by atoms with E-state index in [0.717, 1.165) is 10.4 Å². The molecular formula is C19H20ClF3N4O2. The van der Waals surface area contributed by atoms with Crippen LogP contribution in [0, 0.1) is 6.92 Å². The molecule has 0 radical (unpaired) electrons. The Hall–Kier alpha value is -2.55. The Labute approximate surface area is 170 Å². The Morgan fingerprint density at radius 3 is 2.17 bits per heavy atom. The molecule has 0 unspecified atom stereocenters. The normalized spacial score (nSPS) is 15.0. The number of ketones is 1. The molecule has 3 rings (SSSR count). The summed E-state index contributed by atoms with van der Waals surface area (Å²) in [4.78, 5) is 27.6. The number of carbonyl (C=O) groups is 2. The zero-order valence-corrected chi connectivity index (χ0v) is 16.7. The highest BCUT2D eigenvalue weighted by Crippen LogP contribution is 2.35. The smallest absolute Gasteiger partial charge is 0.368 e. The summed E-state index contributed by atoms with van der Waals surface area (Å²) in [6.45, 7) is 4.65. The van der Waals surface area contributed by atoms with E-state index < -0.39 is 16.9 Å². The van der Waals surface area contributed by atoms with Crippen LogP contribution in [0.5, 0.6) is 0 Å². The lowest BCUT2D eigenvalue weighted by Gasteiger charge is -2.36. The van der Waals surface area contributed by atoms with E-state index in [4.69, 9.17) is 11.6 Å². The van der Waals surface area contributed by atoms with Crippen LogP contribution < -0.4 is 4.90 Å². The van der Waals surface area contributed by atoms with Gasteiger partial charge < -0.3 is 9.80 Å². The Bertz CT molecular complexity index is 917. The summed E-state index contributed by atoms with van der Waals surface area (Å²) < 4.78 is 39.8. The maximum absolute atomic E-state index is 12.9. The Morgan fingerprint density at radius 1 is 1.10 bits per heavy atom. The molecule has 0 aliphatic carbocycles. The van der Waals surface area contributed by atoms with E-state index in [1.165, 1.54) is 13.8 Å². The average molecular weight is 429 g/mol. The van der Waals surface area contributed by atoms with E-state index in [0.29, 0.717) is 31.7 Å². The van der Waals surface area contributed by atoms with Crippen molar-refractivity contribution in [2.45, 2.75) is 26.6 Å². The number of amides is 1. The molecular weight excluding hydrogens is 409 g/mol. The van der Waals surface area contributed by atoms with E-state index in [1.807, 2.05) is 12.1 Å². The molecule has 10 heteroatoms. The van der Waals surface area contributed by atoms with E-state index in [-0.39, 0.29) is 23.9 Å². The first kappa shape index (κ1) is 21.2. The first-order valence-electron chi connectivity index (χ1n) is 9.01. The molecule has 0 spiro atoms. The molecule has 1 aromatic heterocycles. The van der Waals surface area contributed by atoms with Gasteiger partial charge in [0.25, 0.3) is 0 Å². The van der Waals surface area contributed by atoms with E-state index in [9.17, 15) is 22.8 Å².